The highest BCUT2D eigenvalue weighted by molar-refractivity contribution is 6.12. The number of imide groups is 1. The van der Waals surface area contributed by atoms with Crippen molar-refractivity contribution in [1.82, 2.24) is 9.80 Å². The largest absolute Gasteiger partial charge is 0.328 e. The Kier molecular flexibility index (Phi) is 3.20. The molecular weight excluding hydrogens is 306 g/mol. The summed E-state index contributed by atoms with van der Waals surface area (Å²) in [6, 6.07) is 8.37. The zero-order valence-electron chi connectivity index (χ0n) is 13.9. The van der Waals surface area contributed by atoms with Crippen LogP contribution in [-0.4, -0.2) is 51.8 Å². The first-order valence-corrected chi connectivity index (χ1v) is 8.48. The predicted octanol–water partition coefficient (Wildman–Crippen LogP) is 2.00. The van der Waals surface area contributed by atoms with Gasteiger partial charge in [0, 0.05) is 18.3 Å². The van der Waals surface area contributed by atoms with Crippen LogP contribution in [0.4, 0.5) is 10.5 Å². The van der Waals surface area contributed by atoms with Gasteiger partial charge in [0.2, 0.25) is 0 Å². The summed E-state index contributed by atoms with van der Waals surface area (Å²) in [5.74, 6) is -0.384. The van der Waals surface area contributed by atoms with E-state index in [9.17, 15) is 14.4 Å². The van der Waals surface area contributed by atoms with Crippen LogP contribution in [0.2, 0.25) is 0 Å². The molecule has 4 rings (SSSR count). The van der Waals surface area contributed by atoms with Crippen molar-refractivity contribution in [1.29, 1.82) is 0 Å². The number of nitrogens with zero attached hydrogens (tertiary/aromatic N) is 3. The summed E-state index contributed by atoms with van der Waals surface area (Å²) in [7, 11) is 0. The van der Waals surface area contributed by atoms with Gasteiger partial charge >= 0.3 is 6.03 Å². The summed E-state index contributed by atoms with van der Waals surface area (Å²) in [6.07, 6.45) is 2.00. The van der Waals surface area contributed by atoms with E-state index >= 15 is 0 Å². The summed E-state index contributed by atoms with van der Waals surface area (Å²) < 4.78 is 0. The molecule has 3 atom stereocenters. The van der Waals surface area contributed by atoms with Crippen LogP contribution in [0.25, 0.3) is 0 Å². The van der Waals surface area contributed by atoms with Crippen LogP contribution in [0, 0.1) is 0 Å². The molecule has 0 bridgehead atoms. The van der Waals surface area contributed by atoms with Gasteiger partial charge in [-0.15, -0.1) is 0 Å². The van der Waals surface area contributed by atoms with Gasteiger partial charge in [-0.2, -0.15) is 0 Å². The molecule has 3 aliphatic heterocycles. The van der Waals surface area contributed by atoms with E-state index in [0.29, 0.717) is 19.4 Å². The van der Waals surface area contributed by atoms with Crippen molar-refractivity contribution in [3.05, 3.63) is 30.3 Å². The molecule has 0 aliphatic carbocycles. The van der Waals surface area contributed by atoms with E-state index in [1.165, 1.54) is 4.90 Å². The summed E-state index contributed by atoms with van der Waals surface area (Å²) >= 11 is 0. The summed E-state index contributed by atoms with van der Waals surface area (Å²) in [4.78, 5) is 43.2. The fourth-order valence-corrected chi connectivity index (χ4v) is 4.34. The van der Waals surface area contributed by atoms with Crippen LogP contribution in [0.5, 0.6) is 0 Å². The Morgan fingerprint density at radius 3 is 2.46 bits per heavy atom. The number of fused-ring (bicyclic) bond motifs is 1. The molecule has 2 unspecified atom stereocenters. The lowest BCUT2D eigenvalue weighted by atomic mass is 9.98. The monoisotopic (exact) mass is 327 g/mol. The van der Waals surface area contributed by atoms with Crippen LogP contribution in [0.15, 0.2) is 30.3 Å². The molecule has 6 heteroatoms. The smallest absolute Gasteiger partial charge is 0.310 e. The molecular formula is C18H21N3O3. The lowest BCUT2D eigenvalue weighted by molar-refractivity contribution is -0.136. The maximum Gasteiger partial charge on any atom is 0.328 e. The second kappa shape index (κ2) is 5.06. The number of hydrogen-bond acceptors (Lipinski definition) is 3. The van der Waals surface area contributed by atoms with Crippen LogP contribution >= 0.6 is 0 Å². The van der Waals surface area contributed by atoms with Gasteiger partial charge in [-0.25, -0.2) is 9.69 Å². The van der Waals surface area contributed by atoms with Crippen molar-refractivity contribution in [2.24, 2.45) is 0 Å². The van der Waals surface area contributed by atoms with Gasteiger partial charge < -0.3 is 9.80 Å². The molecule has 3 fully saturated rings. The molecule has 0 N–H and O–H groups in total. The van der Waals surface area contributed by atoms with E-state index < -0.39 is 11.6 Å². The highest BCUT2D eigenvalue weighted by Gasteiger charge is 2.60. The number of rotatable bonds is 2. The van der Waals surface area contributed by atoms with Crippen molar-refractivity contribution in [2.75, 3.05) is 11.4 Å². The molecule has 24 heavy (non-hydrogen) atoms. The lowest BCUT2D eigenvalue weighted by Crippen LogP contribution is -2.47. The van der Waals surface area contributed by atoms with E-state index in [1.54, 1.807) is 9.80 Å². The van der Waals surface area contributed by atoms with E-state index in [0.717, 1.165) is 12.1 Å². The van der Waals surface area contributed by atoms with Crippen LogP contribution in [0.3, 0.4) is 0 Å². The Morgan fingerprint density at radius 2 is 1.79 bits per heavy atom. The fraction of sp³-hybridized carbons (Fsp3) is 0.500. The molecule has 0 aromatic heterocycles. The Balaban J connectivity index is 1.65. The minimum Gasteiger partial charge on any atom is -0.310 e. The minimum atomic E-state index is -0.763. The molecule has 4 amide bonds. The SMILES string of the molecule is CC1CC(N2C(=O)N3CCC[C@@]3(C)C2=O)C(=O)N1c1ccccc1. The number of hydrogen-bond donors (Lipinski definition) is 0. The first kappa shape index (κ1) is 15.2. The highest BCUT2D eigenvalue weighted by Crippen LogP contribution is 2.40. The van der Waals surface area contributed by atoms with E-state index in [4.69, 9.17) is 0 Å². The Bertz CT molecular complexity index is 719. The van der Waals surface area contributed by atoms with Crippen molar-refractivity contribution in [3.8, 4) is 0 Å². The summed E-state index contributed by atoms with van der Waals surface area (Å²) in [5, 5.41) is 0. The minimum absolute atomic E-state index is 0.0475. The molecule has 6 nitrogen and oxygen atoms in total. The molecule has 1 aromatic carbocycles. The quantitative estimate of drug-likeness (QED) is 0.781. The number of amides is 4. The van der Waals surface area contributed by atoms with Gasteiger partial charge in [-0.3, -0.25) is 9.59 Å². The number of benzene rings is 1. The summed E-state index contributed by atoms with van der Waals surface area (Å²) in [6.45, 7) is 4.37. The number of anilines is 1. The van der Waals surface area contributed by atoms with Gasteiger partial charge in [-0.1, -0.05) is 18.2 Å². The number of urea groups is 1. The van der Waals surface area contributed by atoms with E-state index in [2.05, 4.69) is 0 Å². The first-order chi connectivity index (χ1) is 11.4. The number of para-hydroxylation sites is 1. The van der Waals surface area contributed by atoms with Gasteiger partial charge in [0.25, 0.3) is 11.8 Å². The molecule has 0 radical (unpaired) electrons. The van der Waals surface area contributed by atoms with Gasteiger partial charge in [0.05, 0.1) is 0 Å². The van der Waals surface area contributed by atoms with Crippen LogP contribution in [-0.2, 0) is 9.59 Å². The zero-order valence-corrected chi connectivity index (χ0v) is 13.9. The number of carbonyl (C=O) groups excluding carboxylic acids is 3. The van der Waals surface area contributed by atoms with Crippen molar-refractivity contribution in [3.63, 3.8) is 0 Å². The van der Waals surface area contributed by atoms with Crippen LogP contribution < -0.4 is 4.90 Å². The number of carbonyl (C=O) groups is 3. The Morgan fingerprint density at radius 1 is 1.08 bits per heavy atom. The zero-order chi connectivity index (χ0) is 17.1. The third-order valence-corrected chi connectivity index (χ3v) is 5.63. The maximum absolute atomic E-state index is 13.0. The Hall–Kier alpha value is -2.37. The standard InChI is InChI=1S/C18H21N3O3/c1-12-11-14(15(22)20(12)13-7-4-3-5-8-13)21-16(23)18(2)9-6-10-19(18)17(21)24/h3-5,7-8,12,14H,6,9-11H2,1-2H3/t12?,14?,18-/m0/s1. The first-order valence-electron chi connectivity index (χ1n) is 8.48. The maximum atomic E-state index is 13.0. The molecule has 126 valence electrons. The lowest BCUT2D eigenvalue weighted by Gasteiger charge is -2.23. The molecule has 0 spiro atoms. The Labute approximate surface area is 141 Å². The van der Waals surface area contributed by atoms with Crippen molar-refractivity contribution < 1.29 is 14.4 Å². The van der Waals surface area contributed by atoms with E-state index in [1.807, 2.05) is 44.2 Å². The second-order valence-corrected chi connectivity index (χ2v) is 7.13. The van der Waals surface area contributed by atoms with Crippen molar-refractivity contribution in [2.45, 2.75) is 50.7 Å². The molecule has 0 saturated carbocycles. The molecule has 1 aromatic rings. The second-order valence-electron chi connectivity index (χ2n) is 7.13. The predicted molar refractivity (Wildman–Crippen MR) is 88.4 cm³/mol. The molecule has 3 aliphatic rings. The highest BCUT2D eigenvalue weighted by atomic mass is 16.2. The summed E-state index contributed by atoms with van der Waals surface area (Å²) in [5.41, 5.74) is 0.0455. The average Bonchev–Trinajstić information content (AvgIpc) is 3.14. The topological polar surface area (TPSA) is 60.9 Å². The van der Waals surface area contributed by atoms with Crippen LogP contribution in [0.1, 0.15) is 33.1 Å². The third kappa shape index (κ3) is 1.85. The molecule has 3 saturated heterocycles. The van der Waals surface area contributed by atoms with E-state index in [-0.39, 0.29) is 23.9 Å². The van der Waals surface area contributed by atoms with Crippen molar-refractivity contribution >= 4 is 23.5 Å². The van der Waals surface area contributed by atoms with Gasteiger partial charge in [0.15, 0.2) is 0 Å². The van der Waals surface area contributed by atoms with Gasteiger partial charge in [0.1, 0.15) is 11.6 Å². The van der Waals surface area contributed by atoms with Gasteiger partial charge in [-0.05, 0) is 45.2 Å². The average molecular weight is 327 g/mol. The third-order valence-electron chi connectivity index (χ3n) is 5.63. The normalized spacial score (nSPS) is 32.9. The molecule has 3 heterocycles. The fourth-order valence-electron chi connectivity index (χ4n) is 4.34.